The Labute approximate surface area is 200 Å². The zero-order chi connectivity index (χ0) is 24.3. The van der Waals surface area contributed by atoms with Crippen molar-refractivity contribution in [2.45, 2.75) is 20.3 Å². The number of nitriles is 1. The fourth-order valence-corrected chi connectivity index (χ4v) is 3.25. The van der Waals surface area contributed by atoms with Crippen LogP contribution in [0.25, 0.3) is 0 Å². The number of azo groups is 1. The first-order valence-electron chi connectivity index (χ1n) is 11.3. The maximum Gasteiger partial charge on any atom is 0.231 e. The third-order valence-electron chi connectivity index (χ3n) is 5.21. The summed E-state index contributed by atoms with van der Waals surface area (Å²) in [6.07, 6.45) is 0.892. The molecule has 34 heavy (non-hydrogen) atoms. The van der Waals surface area contributed by atoms with Crippen molar-refractivity contribution in [3.8, 4) is 6.07 Å². The summed E-state index contributed by atoms with van der Waals surface area (Å²) in [6.45, 7) is 7.28. The molecule has 176 valence electrons. The fraction of sp³-hybridized carbons (Fsp3) is 0.333. The molecule has 0 atom stereocenters. The normalized spacial score (nSPS) is 10.8. The summed E-state index contributed by atoms with van der Waals surface area (Å²) < 4.78 is 0. The molecule has 0 amide bonds. The molecule has 3 N–H and O–H groups in total. The Kier molecular flexibility index (Phi) is 8.68. The second kappa shape index (κ2) is 12.1. The molecule has 3 rings (SSSR count). The van der Waals surface area contributed by atoms with Crippen LogP contribution in [-0.2, 0) is 0 Å². The molecule has 0 fully saturated rings. The lowest BCUT2D eigenvalue weighted by molar-refractivity contribution is 0.797. The van der Waals surface area contributed by atoms with Crippen molar-refractivity contribution in [2.75, 3.05) is 54.1 Å². The van der Waals surface area contributed by atoms with E-state index in [-0.39, 0.29) is 5.95 Å². The summed E-state index contributed by atoms with van der Waals surface area (Å²) >= 11 is 0. The lowest BCUT2D eigenvalue weighted by Crippen LogP contribution is -2.25. The third kappa shape index (κ3) is 6.87. The third-order valence-corrected chi connectivity index (χ3v) is 5.21. The number of anilines is 4. The van der Waals surface area contributed by atoms with Crippen LogP contribution < -0.4 is 20.9 Å². The molecular weight excluding hydrogens is 428 g/mol. The van der Waals surface area contributed by atoms with E-state index >= 15 is 0 Å². The highest BCUT2D eigenvalue weighted by Crippen LogP contribution is 2.22. The van der Waals surface area contributed by atoms with Gasteiger partial charge in [-0.05, 0) is 68.8 Å². The van der Waals surface area contributed by atoms with Gasteiger partial charge in [-0.2, -0.15) is 30.4 Å². The SMILES string of the molecule is CCN(CC)c1nc(N)nc(NCCCN(C)c2ccc(/N=N/c3ccc(C#N)cc3)cc2)n1. The van der Waals surface area contributed by atoms with Gasteiger partial charge in [0.25, 0.3) is 0 Å². The molecule has 1 heterocycles. The number of nitrogens with zero attached hydrogens (tertiary/aromatic N) is 8. The van der Waals surface area contributed by atoms with E-state index in [0.717, 1.165) is 37.4 Å². The maximum absolute atomic E-state index is 8.86. The number of aromatic nitrogens is 3. The van der Waals surface area contributed by atoms with Crippen LogP contribution in [0.15, 0.2) is 58.8 Å². The minimum Gasteiger partial charge on any atom is -0.375 e. The number of hydrogen-bond donors (Lipinski definition) is 2. The zero-order valence-electron chi connectivity index (χ0n) is 19.8. The van der Waals surface area contributed by atoms with Gasteiger partial charge < -0.3 is 20.9 Å². The van der Waals surface area contributed by atoms with Gasteiger partial charge in [-0.25, -0.2) is 0 Å². The van der Waals surface area contributed by atoms with Gasteiger partial charge >= 0.3 is 0 Å². The largest absolute Gasteiger partial charge is 0.375 e. The van der Waals surface area contributed by atoms with Gasteiger partial charge in [0.05, 0.1) is 23.0 Å². The summed E-state index contributed by atoms with van der Waals surface area (Å²) in [7, 11) is 2.05. The minimum absolute atomic E-state index is 0.216. The van der Waals surface area contributed by atoms with Crippen LogP contribution in [0.4, 0.5) is 34.9 Å². The van der Waals surface area contributed by atoms with Crippen LogP contribution in [0, 0.1) is 11.3 Å². The van der Waals surface area contributed by atoms with Crippen molar-refractivity contribution in [1.29, 1.82) is 5.26 Å². The van der Waals surface area contributed by atoms with Gasteiger partial charge in [-0.15, -0.1) is 0 Å². The Balaban J connectivity index is 1.48. The Bertz CT molecular complexity index is 1120. The molecule has 10 heteroatoms. The predicted molar refractivity (Wildman–Crippen MR) is 136 cm³/mol. The van der Waals surface area contributed by atoms with Crippen molar-refractivity contribution in [3.05, 3.63) is 54.1 Å². The minimum atomic E-state index is 0.216. The van der Waals surface area contributed by atoms with Crippen LogP contribution in [0.3, 0.4) is 0 Å². The average Bonchev–Trinajstić information content (AvgIpc) is 2.86. The first kappa shape index (κ1) is 24.4. The van der Waals surface area contributed by atoms with E-state index < -0.39 is 0 Å². The van der Waals surface area contributed by atoms with Crippen molar-refractivity contribution in [1.82, 2.24) is 15.0 Å². The van der Waals surface area contributed by atoms with E-state index in [1.807, 2.05) is 36.2 Å². The summed E-state index contributed by atoms with van der Waals surface area (Å²) in [5.41, 5.74) is 9.01. The molecule has 0 bridgehead atoms. The average molecular weight is 459 g/mol. The molecule has 10 nitrogen and oxygen atoms in total. The second-order valence-corrected chi connectivity index (χ2v) is 7.57. The van der Waals surface area contributed by atoms with Gasteiger partial charge in [0, 0.05) is 38.9 Å². The fourth-order valence-electron chi connectivity index (χ4n) is 3.25. The summed E-state index contributed by atoms with van der Waals surface area (Å²) in [5, 5.41) is 20.6. The van der Waals surface area contributed by atoms with Crippen molar-refractivity contribution < 1.29 is 0 Å². The smallest absolute Gasteiger partial charge is 0.231 e. The highest BCUT2D eigenvalue weighted by atomic mass is 15.3. The Hall–Kier alpha value is -4.26. The molecule has 0 unspecified atom stereocenters. The highest BCUT2D eigenvalue weighted by molar-refractivity contribution is 5.52. The predicted octanol–water partition coefficient (Wildman–Crippen LogP) is 4.53. The summed E-state index contributed by atoms with van der Waals surface area (Å²) in [6, 6.07) is 17.0. The molecule has 2 aromatic carbocycles. The van der Waals surface area contributed by atoms with Gasteiger partial charge in [-0.1, -0.05) is 0 Å². The molecule has 0 aliphatic rings. The van der Waals surface area contributed by atoms with Gasteiger partial charge in [0.15, 0.2) is 0 Å². The maximum atomic E-state index is 8.86. The van der Waals surface area contributed by atoms with Crippen molar-refractivity contribution in [3.63, 3.8) is 0 Å². The molecule has 0 saturated heterocycles. The number of nitrogens with two attached hydrogens (primary N) is 1. The second-order valence-electron chi connectivity index (χ2n) is 7.57. The molecule has 3 aromatic rings. The Morgan fingerprint density at radius 1 is 0.941 bits per heavy atom. The van der Waals surface area contributed by atoms with E-state index in [1.54, 1.807) is 24.3 Å². The van der Waals surface area contributed by atoms with E-state index in [4.69, 9.17) is 11.0 Å². The Morgan fingerprint density at radius 2 is 1.56 bits per heavy atom. The first-order valence-corrected chi connectivity index (χ1v) is 11.3. The van der Waals surface area contributed by atoms with Gasteiger partial charge in [-0.3, -0.25) is 0 Å². The van der Waals surface area contributed by atoms with Crippen LogP contribution in [0.2, 0.25) is 0 Å². The van der Waals surface area contributed by atoms with Crippen LogP contribution in [-0.4, -0.2) is 48.2 Å². The van der Waals surface area contributed by atoms with E-state index in [9.17, 15) is 0 Å². The summed E-state index contributed by atoms with van der Waals surface area (Å²) in [5.74, 6) is 1.30. The van der Waals surface area contributed by atoms with Crippen LogP contribution >= 0.6 is 0 Å². The van der Waals surface area contributed by atoms with E-state index in [0.29, 0.717) is 29.7 Å². The first-order chi connectivity index (χ1) is 16.5. The lowest BCUT2D eigenvalue weighted by atomic mass is 10.2. The molecule has 1 aromatic heterocycles. The van der Waals surface area contributed by atoms with Gasteiger partial charge in [0.1, 0.15) is 0 Å². The molecular formula is C24H30N10. The van der Waals surface area contributed by atoms with Crippen molar-refractivity contribution in [2.24, 2.45) is 10.2 Å². The molecule has 0 radical (unpaired) electrons. The quantitative estimate of drug-likeness (QED) is 0.316. The number of nitrogens with one attached hydrogen (secondary N) is 1. The Morgan fingerprint density at radius 3 is 2.15 bits per heavy atom. The van der Waals surface area contributed by atoms with E-state index in [1.165, 1.54) is 0 Å². The highest BCUT2D eigenvalue weighted by Gasteiger charge is 2.09. The topological polar surface area (TPSA) is 132 Å². The van der Waals surface area contributed by atoms with Crippen LogP contribution in [0.5, 0.6) is 0 Å². The van der Waals surface area contributed by atoms with Crippen molar-refractivity contribution >= 4 is 34.9 Å². The monoisotopic (exact) mass is 458 g/mol. The molecule has 0 aliphatic heterocycles. The van der Waals surface area contributed by atoms with Crippen LogP contribution in [0.1, 0.15) is 25.8 Å². The number of rotatable bonds is 11. The zero-order valence-corrected chi connectivity index (χ0v) is 19.8. The number of nitrogen functional groups attached to an aromatic ring is 1. The molecule has 0 spiro atoms. The molecule has 0 aliphatic carbocycles. The number of hydrogen-bond acceptors (Lipinski definition) is 10. The van der Waals surface area contributed by atoms with Gasteiger partial charge in [0.2, 0.25) is 17.8 Å². The summed E-state index contributed by atoms with van der Waals surface area (Å²) in [4.78, 5) is 17.1. The van der Waals surface area contributed by atoms with E-state index in [2.05, 4.69) is 55.3 Å². The number of benzene rings is 2. The lowest BCUT2D eigenvalue weighted by Gasteiger charge is -2.20. The standard InChI is InChI=1S/C24H30N10/c1-4-34(5-2)24-29-22(26)28-23(30-24)27-15-6-16-33(3)21-13-11-20(12-14-21)32-31-19-9-7-18(17-25)8-10-19/h7-14H,4-6,15-16H2,1-3H3,(H3,26,27,28,29,30)/b32-31+. The molecule has 0 saturated carbocycles.